The topological polar surface area (TPSA) is 0 Å². The third-order valence-electron chi connectivity index (χ3n) is 8.84. The molecule has 198 valence electrons. The van der Waals surface area contributed by atoms with Crippen LogP contribution in [0.4, 0.5) is 17.6 Å². The number of hydrogen-bond acceptors (Lipinski definition) is 0. The molecule has 0 heterocycles. The van der Waals surface area contributed by atoms with Crippen LogP contribution in [0.25, 0.3) is 0 Å². The fourth-order valence-corrected chi connectivity index (χ4v) is 6.70. The van der Waals surface area contributed by atoms with Crippen LogP contribution in [0.15, 0.2) is 24.3 Å². The van der Waals surface area contributed by atoms with Crippen LogP contribution in [0.3, 0.4) is 0 Å². The van der Waals surface area contributed by atoms with Crippen LogP contribution in [0.2, 0.25) is 5.02 Å². The van der Waals surface area contributed by atoms with E-state index in [0.717, 1.165) is 61.1 Å². The highest BCUT2D eigenvalue weighted by atomic mass is 35.5. The molecule has 2 aliphatic carbocycles. The van der Waals surface area contributed by atoms with E-state index >= 15 is 0 Å². The first-order valence-corrected chi connectivity index (χ1v) is 14.3. The van der Waals surface area contributed by atoms with E-state index in [9.17, 15) is 17.6 Å². The van der Waals surface area contributed by atoms with Gasteiger partial charge in [-0.1, -0.05) is 69.9 Å². The lowest BCUT2D eigenvalue weighted by Gasteiger charge is -2.32. The molecule has 0 atom stereocenters. The Morgan fingerprint density at radius 1 is 0.639 bits per heavy atom. The fraction of sp³-hybridized carbons (Fsp3) is 0.613. The van der Waals surface area contributed by atoms with Gasteiger partial charge in [0.05, 0.1) is 0 Å². The Bertz CT molecular complexity index is 958. The van der Waals surface area contributed by atoms with Crippen molar-refractivity contribution in [3.8, 4) is 0 Å². The van der Waals surface area contributed by atoms with Crippen molar-refractivity contribution in [3.05, 3.63) is 69.2 Å². The highest BCUT2D eigenvalue weighted by Crippen LogP contribution is 2.41. The highest BCUT2D eigenvalue weighted by Gasteiger charge is 2.26. The minimum atomic E-state index is -0.863. The summed E-state index contributed by atoms with van der Waals surface area (Å²) in [5, 5.41) is -0.565. The van der Waals surface area contributed by atoms with Crippen LogP contribution < -0.4 is 0 Å². The number of benzene rings is 2. The Balaban J connectivity index is 1.26. The van der Waals surface area contributed by atoms with Gasteiger partial charge in [0.15, 0.2) is 0 Å². The standard InChI is InChI=1S/C31H39ClF4/c1-2-3-20-4-6-21(7-5-20)8-9-22-10-13-24(14-11-22)25-18-27(33)26(28(34)19-25)15-12-23-16-29(35)31(32)30(36)17-23/h16-22,24H,2-15H2,1H3/t20-,21-,22?,24?. The number of hydrogen-bond donors (Lipinski definition) is 0. The zero-order chi connectivity index (χ0) is 25.7. The molecule has 0 amide bonds. The molecule has 0 spiro atoms. The lowest BCUT2D eigenvalue weighted by Crippen LogP contribution is -2.18. The lowest BCUT2D eigenvalue weighted by molar-refractivity contribution is 0.224. The monoisotopic (exact) mass is 522 g/mol. The molecule has 2 aromatic rings. The van der Waals surface area contributed by atoms with Gasteiger partial charge in [-0.15, -0.1) is 0 Å². The van der Waals surface area contributed by atoms with Crippen LogP contribution in [-0.2, 0) is 12.8 Å². The van der Waals surface area contributed by atoms with Crippen LogP contribution in [0.1, 0.15) is 107 Å². The largest absolute Gasteiger partial charge is 0.207 e. The maximum atomic E-state index is 14.9. The average Bonchev–Trinajstić information content (AvgIpc) is 2.86. The fourth-order valence-electron chi connectivity index (χ4n) is 6.59. The van der Waals surface area contributed by atoms with Gasteiger partial charge in [-0.2, -0.15) is 0 Å². The maximum Gasteiger partial charge on any atom is 0.145 e. The molecule has 2 saturated carbocycles. The predicted molar refractivity (Wildman–Crippen MR) is 139 cm³/mol. The summed E-state index contributed by atoms with van der Waals surface area (Å²) in [6, 6.07) is 5.18. The van der Waals surface area contributed by atoms with E-state index < -0.39 is 28.3 Å². The first-order valence-electron chi connectivity index (χ1n) is 13.9. The maximum absolute atomic E-state index is 14.9. The summed E-state index contributed by atoms with van der Waals surface area (Å²) in [4.78, 5) is 0. The molecular weight excluding hydrogens is 484 g/mol. The summed E-state index contributed by atoms with van der Waals surface area (Å²) >= 11 is 5.51. The van der Waals surface area contributed by atoms with E-state index in [1.807, 2.05) is 0 Å². The predicted octanol–water partition coefficient (Wildman–Crippen LogP) is 10.3. The van der Waals surface area contributed by atoms with Crippen molar-refractivity contribution in [1.29, 1.82) is 0 Å². The summed E-state index contributed by atoms with van der Waals surface area (Å²) in [5.41, 5.74) is 1.03. The minimum Gasteiger partial charge on any atom is -0.207 e. The van der Waals surface area contributed by atoms with Crippen LogP contribution in [-0.4, -0.2) is 0 Å². The molecule has 0 bridgehead atoms. The van der Waals surface area contributed by atoms with Gasteiger partial charge in [-0.3, -0.25) is 0 Å². The quantitative estimate of drug-likeness (QED) is 0.227. The number of rotatable bonds is 9. The van der Waals surface area contributed by atoms with E-state index in [2.05, 4.69) is 6.92 Å². The van der Waals surface area contributed by atoms with Crippen molar-refractivity contribution < 1.29 is 17.6 Å². The van der Waals surface area contributed by atoms with Gasteiger partial charge in [0, 0.05) is 5.56 Å². The van der Waals surface area contributed by atoms with Gasteiger partial charge in [0.2, 0.25) is 0 Å². The van der Waals surface area contributed by atoms with E-state index in [1.165, 1.54) is 63.5 Å². The van der Waals surface area contributed by atoms with Crippen molar-refractivity contribution in [3.63, 3.8) is 0 Å². The molecule has 2 fully saturated rings. The second-order valence-electron chi connectivity index (χ2n) is 11.3. The SMILES string of the molecule is CCC[C@H]1CC[C@H](CCC2CCC(c3cc(F)c(CCc4cc(F)c(Cl)c(F)c4)c(F)c3)CC2)CC1. The zero-order valence-electron chi connectivity index (χ0n) is 21.4. The van der Waals surface area contributed by atoms with Crippen LogP contribution in [0, 0.1) is 41.0 Å². The van der Waals surface area contributed by atoms with Gasteiger partial charge in [0.1, 0.15) is 28.3 Å². The smallest absolute Gasteiger partial charge is 0.145 e. The second-order valence-corrected chi connectivity index (χ2v) is 11.7. The van der Waals surface area contributed by atoms with Crippen molar-refractivity contribution in [2.75, 3.05) is 0 Å². The molecule has 0 aliphatic heterocycles. The van der Waals surface area contributed by atoms with Crippen molar-refractivity contribution in [2.45, 2.75) is 103 Å². The molecule has 0 radical (unpaired) electrons. The molecular formula is C31H39ClF4. The van der Waals surface area contributed by atoms with E-state index in [4.69, 9.17) is 11.6 Å². The van der Waals surface area contributed by atoms with Gasteiger partial charge in [0.25, 0.3) is 0 Å². The Labute approximate surface area is 218 Å². The normalized spacial score (nSPS) is 24.7. The van der Waals surface area contributed by atoms with Gasteiger partial charge < -0.3 is 0 Å². The number of aryl methyl sites for hydroxylation is 1. The molecule has 0 aromatic heterocycles. The summed E-state index contributed by atoms with van der Waals surface area (Å²) in [5.74, 6) is -0.0750. The first-order chi connectivity index (χ1) is 17.3. The second kappa shape index (κ2) is 12.8. The Kier molecular flexibility index (Phi) is 9.77. The van der Waals surface area contributed by atoms with E-state index in [0.29, 0.717) is 5.56 Å². The summed E-state index contributed by atoms with van der Waals surface area (Å²) < 4.78 is 57.1. The third kappa shape index (κ3) is 7.05. The summed E-state index contributed by atoms with van der Waals surface area (Å²) in [6.45, 7) is 2.29. The molecule has 0 nitrogen and oxygen atoms in total. The molecule has 0 N–H and O–H groups in total. The minimum absolute atomic E-state index is 0.0307. The molecule has 0 unspecified atom stereocenters. The molecule has 2 aliphatic rings. The Morgan fingerprint density at radius 3 is 1.61 bits per heavy atom. The van der Waals surface area contributed by atoms with Gasteiger partial charge >= 0.3 is 0 Å². The molecule has 2 aromatic carbocycles. The zero-order valence-corrected chi connectivity index (χ0v) is 22.2. The Morgan fingerprint density at radius 2 is 1.11 bits per heavy atom. The van der Waals surface area contributed by atoms with Crippen molar-refractivity contribution in [2.24, 2.45) is 17.8 Å². The molecule has 36 heavy (non-hydrogen) atoms. The van der Waals surface area contributed by atoms with E-state index in [-0.39, 0.29) is 24.3 Å². The third-order valence-corrected chi connectivity index (χ3v) is 9.20. The summed E-state index contributed by atoms with van der Waals surface area (Å²) in [6.07, 6.45) is 15.3. The average molecular weight is 523 g/mol. The Hall–Kier alpha value is -1.55. The van der Waals surface area contributed by atoms with Crippen molar-refractivity contribution >= 4 is 11.6 Å². The van der Waals surface area contributed by atoms with E-state index in [1.54, 1.807) is 0 Å². The van der Waals surface area contributed by atoms with Gasteiger partial charge in [-0.25, -0.2) is 17.6 Å². The van der Waals surface area contributed by atoms with Gasteiger partial charge in [-0.05, 0) is 97.6 Å². The molecule has 0 saturated heterocycles. The van der Waals surface area contributed by atoms with Crippen LogP contribution in [0.5, 0.6) is 0 Å². The first kappa shape index (κ1) is 27.5. The lowest BCUT2D eigenvalue weighted by atomic mass is 9.74. The molecule has 5 heteroatoms. The molecule has 4 rings (SSSR count). The number of halogens is 5. The van der Waals surface area contributed by atoms with Crippen molar-refractivity contribution in [1.82, 2.24) is 0 Å². The summed E-state index contributed by atoms with van der Waals surface area (Å²) in [7, 11) is 0. The highest BCUT2D eigenvalue weighted by molar-refractivity contribution is 6.30. The van der Waals surface area contributed by atoms with Crippen LogP contribution >= 0.6 is 11.6 Å².